The van der Waals surface area contributed by atoms with Crippen molar-refractivity contribution in [3.05, 3.63) is 78.4 Å². The molecule has 3 aromatic carbocycles. The molecular formula is C21H19N3O3. The van der Waals surface area contributed by atoms with Crippen LogP contribution in [0.25, 0.3) is 0 Å². The molecule has 3 aromatic rings. The van der Waals surface area contributed by atoms with Crippen molar-refractivity contribution in [1.29, 1.82) is 0 Å². The van der Waals surface area contributed by atoms with E-state index in [1.54, 1.807) is 42.5 Å². The molecule has 136 valence electrons. The van der Waals surface area contributed by atoms with Crippen LogP contribution in [-0.4, -0.2) is 20.1 Å². The molecule has 6 nitrogen and oxygen atoms in total. The summed E-state index contributed by atoms with van der Waals surface area (Å²) in [5.41, 5.74) is 2.50. The third-order valence-corrected chi connectivity index (χ3v) is 3.81. The quantitative estimate of drug-likeness (QED) is 0.600. The first kappa shape index (κ1) is 18.1. The number of amides is 1. The molecule has 0 aromatic heterocycles. The summed E-state index contributed by atoms with van der Waals surface area (Å²) >= 11 is 0. The van der Waals surface area contributed by atoms with Gasteiger partial charge in [-0.25, -0.2) is 0 Å². The van der Waals surface area contributed by atoms with Gasteiger partial charge in [0.1, 0.15) is 0 Å². The molecule has 0 heterocycles. The molecule has 0 aliphatic carbocycles. The molecule has 0 bridgehead atoms. The molecule has 0 atom stereocenters. The first-order valence-corrected chi connectivity index (χ1v) is 8.30. The van der Waals surface area contributed by atoms with Gasteiger partial charge in [0.2, 0.25) is 0 Å². The van der Waals surface area contributed by atoms with Crippen LogP contribution in [0.1, 0.15) is 10.4 Å². The number of methoxy groups -OCH3 is 2. The van der Waals surface area contributed by atoms with E-state index in [2.05, 4.69) is 15.5 Å². The number of nitrogens with one attached hydrogen (secondary N) is 1. The zero-order valence-electron chi connectivity index (χ0n) is 15.0. The van der Waals surface area contributed by atoms with Crippen LogP contribution in [0.3, 0.4) is 0 Å². The van der Waals surface area contributed by atoms with Crippen molar-refractivity contribution in [1.82, 2.24) is 0 Å². The predicted octanol–water partition coefficient (Wildman–Crippen LogP) is 5.37. The summed E-state index contributed by atoms with van der Waals surface area (Å²) < 4.78 is 10.5. The number of anilines is 1. The molecule has 0 saturated carbocycles. The van der Waals surface area contributed by atoms with Crippen molar-refractivity contribution < 1.29 is 14.3 Å². The Morgan fingerprint density at radius 1 is 0.778 bits per heavy atom. The molecule has 6 heteroatoms. The highest BCUT2D eigenvalue weighted by atomic mass is 16.5. The molecule has 0 saturated heterocycles. The van der Waals surface area contributed by atoms with E-state index >= 15 is 0 Å². The Kier molecular flexibility index (Phi) is 5.79. The van der Waals surface area contributed by atoms with Crippen molar-refractivity contribution in [3.8, 4) is 11.5 Å². The van der Waals surface area contributed by atoms with Crippen LogP contribution in [0, 0.1) is 0 Å². The second kappa shape index (κ2) is 8.62. The maximum atomic E-state index is 12.6. The number of para-hydroxylation sites is 1. The number of azo groups is 1. The predicted molar refractivity (Wildman–Crippen MR) is 105 cm³/mol. The number of rotatable bonds is 6. The van der Waals surface area contributed by atoms with E-state index in [4.69, 9.17) is 9.47 Å². The number of benzene rings is 3. The molecule has 0 aliphatic rings. The highest BCUT2D eigenvalue weighted by molar-refractivity contribution is 6.06. The summed E-state index contributed by atoms with van der Waals surface area (Å²) in [5, 5.41) is 11.2. The minimum atomic E-state index is -0.288. The molecule has 0 aliphatic heterocycles. The average Bonchev–Trinajstić information content (AvgIpc) is 2.73. The number of hydrogen-bond acceptors (Lipinski definition) is 5. The minimum absolute atomic E-state index is 0.288. The SMILES string of the molecule is COc1cccc(C(=O)Nc2ccc(N=Nc3ccccc3)cc2)c1OC. The van der Waals surface area contributed by atoms with Gasteiger partial charge in [-0.2, -0.15) is 10.2 Å². The van der Waals surface area contributed by atoms with Gasteiger partial charge in [0, 0.05) is 5.69 Å². The van der Waals surface area contributed by atoms with Gasteiger partial charge in [0.15, 0.2) is 11.5 Å². The highest BCUT2D eigenvalue weighted by Crippen LogP contribution is 2.31. The number of ether oxygens (including phenoxy) is 2. The van der Waals surface area contributed by atoms with Crippen molar-refractivity contribution in [2.24, 2.45) is 10.2 Å². The van der Waals surface area contributed by atoms with Crippen LogP contribution in [-0.2, 0) is 0 Å². The molecule has 3 rings (SSSR count). The van der Waals surface area contributed by atoms with Crippen LogP contribution < -0.4 is 14.8 Å². The normalized spacial score (nSPS) is 10.6. The number of carbonyl (C=O) groups is 1. The molecule has 0 spiro atoms. The molecule has 27 heavy (non-hydrogen) atoms. The Labute approximate surface area is 157 Å². The summed E-state index contributed by atoms with van der Waals surface area (Å²) in [6.45, 7) is 0. The summed E-state index contributed by atoms with van der Waals surface area (Å²) in [7, 11) is 3.03. The Morgan fingerprint density at radius 3 is 2.07 bits per heavy atom. The topological polar surface area (TPSA) is 72.3 Å². The van der Waals surface area contributed by atoms with E-state index in [-0.39, 0.29) is 5.91 Å². The monoisotopic (exact) mass is 361 g/mol. The molecular weight excluding hydrogens is 342 g/mol. The van der Waals surface area contributed by atoms with Gasteiger partial charge in [0.25, 0.3) is 5.91 Å². The van der Waals surface area contributed by atoms with Crippen LogP contribution >= 0.6 is 0 Å². The van der Waals surface area contributed by atoms with Gasteiger partial charge in [-0.3, -0.25) is 4.79 Å². The molecule has 0 fully saturated rings. The number of nitrogens with zero attached hydrogens (tertiary/aromatic N) is 2. The maximum Gasteiger partial charge on any atom is 0.259 e. The fraction of sp³-hybridized carbons (Fsp3) is 0.0952. The van der Waals surface area contributed by atoms with E-state index < -0.39 is 0 Å². The van der Waals surface area contributed by atoms with Crippen LogP contribution in [0.5, 0.6) is 11.5 Å². The zero-order valence-corrected chi connectivity index (χ0v) is 15.0. The highest BCUT2D eigenvalue weighted by Gasteiger charge is 2.16. The lowest BCUT2D eigenvalue weighted by molar-refractivity contribution is 0.102. The van der Waals surface area contributed by atoms with Gasteiger partial charge in [-0.1, -0.05) is 24.3 Å². The second-order valence-electron chi connectivity index (χ2n) is 5.58. The molecule has 1 amide bonds. The Hall–Kier alpha value is -3.67. The lowest BCUT2D eigenvalue weighted by Crippen LogP contribution is -2.13. The zero-order chi connectivity index (χ0) is 19.1. The van der Waals surface area contributed by atoms with Gasteiger partial charge >= 0.3 is 0 Å². The third kappa shape index (κ3) is 4.49. The first-order chi connectivity index (χ1) is 13.2. The first-order valence-electron chi connectivity index (χ1n) is 8.30. The lowest BCUT2D eigenvalue weighted by atomic mass is 10.1. The lowest BCUT2D eigenvalue weighted by Gasteiger charge is -2.12. The van der Waals surface area contributed by atoms with Crippen molar-refractivity contribution in [3.63, 3.8) is 0 Å². The van der Waals surface area contributed by atoms with Crippen LogP contribution in [0.4, 0.5) is 17.1 Å². The van der Waals surface area contributed by atoms with E-state index in [9.17, 15) is 4.79 Å². The Morgan fingerprint density at radius 2 is 1.44 bits per heavy atom. The van der Waals surface area contributed by atoms with Gasteiger partial charge in [0.05, 0.1) is 31.2 Å². The third-order valence-electron chi connectivity index (χ3n) is 3.81. The molecule has 0 radical (unpaired) electrons. The maximum absolute atomic E-state index is 12.6. The summed E-state index contributed by atoms with van der Waals surface area (Å²) in [4.78, 5) is 12.6. The summed E-state index contributed by atoms with van der Waals surface area (Å²) in [6, 6.07) is 21.7. The van der Waals surface area contributed by atoms with Crippen molar-refractivity contribution in [2.75, 3.05) is 19.5 Å². The molecule has 1 N–H and O–H groups in total. The van der Waals surface area contributed by atoms with E-state index in [1.807, 2.05) is 30.3 Å². The summed E-state index contributed by atoms with van der Waals surface area (Å²) in [6.07, 6.45) is 0. The van der Waals surface area contributed by atoms with E-state index in [1.165, 1.54) is 14.2 Å². The van der Waals surface area contributed by atoms with Gasteiger partial charge in [-0.05, 0) is 48.5 Å². The number of carbonyl (C=O) groups excluding carboxylic acids is 1. The van der Waals surface area contributed by atoms with E-state index in [0.717, 1.165) is 5.69 Å². The van der Waals surface area contributed by atoms with Gasteiger partial charge < -0.3 is 14.8 Å². The van der Waals surface area contributed by atoms with Crippen LogP contribution in [0.15, 0.2) is 83.0 Å². The minimum Gasteiger partial charge on any atom is -0.493 e. The largest absolute Gasteiger partial charge is 0.493 e. The van der Waals surface area contributed by atoms with Crippen molar-refractivity contribution >= 4 is 23.0 Å². The van der Waals surface area contributed by atoms with E-state index in [0.29, 0.717) is 28.4 Å². The average molecular weight is 361 g/mol. The Bertz CT molecular complexity index is 939. The van der Waals surface area contributed by atoms with Gasteiger partial charge in [-0.15, -0.1) is 0 Å². The second-order valence-corrected chi connectivity index (χ2v) is 5.58. The fourth-order valence-electron chi connectivity index (χ4n) is 2.49. The van der Waals surface area contributed by atoms with Crippen LogP contribution in [0.2, 0.25) is 0 Å². The smallest absolute Gasteiger partial charge is 0.259 e. The standard InChI is InChI=1S/C21H19N3O3/c1-26-19-10-6-9-18(20(19)27-2)21(25)22-15-11-13-17(14-12-15)24-23-16-7-4-3-5-8-16/h3-14H,1-2H3,(H,22,25). The number of hydrogen-bond donors (Lipinski definition) is 1. The summed E-state index contributed by atoms with van der Waals surface area (Å²) in [5.74, 6) is 0.608. The fourth-order valence-corrected chi connectivity index (χ4v) is 2.49. The van der Waals surface area contributed by atoms with Crippen molar-refractivity contribution in [2.45, 2.75) is 0 Å². The molecule has 0 unspecified atom stereocenters. The Balaban J connectivity index is 1.71.